The van der Waals surface area contributed by atoms with Gasteiger partial charge in [0.25, 0.3) is 17.7 Å². The third-order valence-electron chi connectivity index (χ3n) is 7.70. The van der Waals surface area contributed by atoms with Gasteiger partial charge in [-0.3, -0.25) is 14.4 Å². The molecule has 1 atom stereocenters. The number of carbonyl (C=O) groups is 3. The lowest BCUT2D eigenvalue weighted by molar-refractivity contribution is -0.142. The van der Waals surface area contributed by atoms with Crippen LogP contribution in [0.5, 0.6) is 0 Å². The van der Waals surface area contributed by atoms with Crippen LogP contribution in [0.3, 0.4) is 0 Å². The van der Waals surface area contributed by atoms with Crippen molar-refractivity contribution in [2.24, 2.45) is 0 Å². The van der Waals surface area contributed by atoms with Gasteiger partial charge in [-0.1, -0.05) is 29.8 Å². The summed E-state index contributed by atoms with van der Waals surface area (Å²) < 4.78 is 5.55. The van der Waals surface area contributed by atoms with Crippen molar-refractivity contribution < 1.29 is 19.1 Å². The molecule has 0 spiro atoms. The Balaban J connectivity index is 1.16. The van der Waals surface area contributed by atoms with Gasteiger partial charge >= 0.3 is 0 Å². The van der Waals surface area contributed by atoms with Gasteiger partial charge in [0, 0.05) is 63.2 Å². The maximum atomic E-state index is 13.5. The highest BCUT2D eigenvalue weighted by atomic mass is 16.5. The first-order valence-electron chi connectivity index (χ1n) is 13.4. The van der Waals surface area contributed by atoms with E-state index < -0.39 is 0 Å². The summed E-state index contributed by atoms with van der Waals surface area (Å²) in [5.41, 5.74) is 3.45. The normalized spacial score (nSPS) is 20.7. The fourth-order valence-electron chi connectivity index (χ4n) is 5.44. The highest BCUT2D eigenvalue weighted by molar-refractivity contribution is 6.00. The summed E-state index contributed by atoms with van der Waals surface area (Å²) in [4.78, 5) is 44.7. The van der Waals surface area contributed by atoms with Crippen LogP contribution in [0.1, 0.15) is 52.0 Å². The van der Waals surface area contributed by atoms with Gasteiger partial charge in [0.1, 0.15) is 6.10 Å². The van der Waals surface area contributed by atoms with Crippen molar-refractivity contribution in [3.8, 4) is 0 Å². The first kappa shape index (κ1) is 25.3. The second kappa shape index (κ2) is 11.3. The summed E-state index contributed by atoms with van der Waals surface area (Å²) in [5.74, 6) is 0.0306. The van der Waals surface area contributed by atoms with Gasteiger partial charge in [0.2, 0.25) is 0 Å². The second-order valence-electron chi connectivity index (χ2n) is 10.2. The number of nitrogens with zero attached hydrogens (tertiary/aromatic N) is 3. The average Bonchev–Trinajstić information content (AvgIpc) is 3.48. The molecule has 0 radical (unpaired) electrons. The van der Waals surface area contributed by atoms with Crippen molar-refractivity contribution in [3.63, 3.8) is 0 Å². The number of piperazine rings is 1. The minimum Gasteiger partial charge on any atom is -0.371 e. The summed E-state index contributed by atoms with van der Waals surface area (Å²) in [7, 11) is 0. The number of benzene rings is 2. The van der Waals surface area contributed by atoms with Crippen LogP contribution in [0, 0.1) is 6.92 Å². The molecule has 0 saturated carbocycles. The molecule has 196 valence electrons. The van der Waals surface area contributed by atoms with Crippen LogP contribution in [0.15, 0.2) is 48.5 Å². The fourth-order valence-corrected chi connectivity index (χ4v) is 5.44. The number of piperidine rings is 1. The molecule has 3 aliphatic rings. The summed E-state index contributed by atoms with van der Waals surface area (Å²) >= 11 is 0. The number of para-hydroxylation sites is 1. The molecule has 37 heavy (non-hydrogen) atoms. The molecule has 3 aliphatic heterocycles. The smallest absolute Gasteiger partial charge is 0.256 e. The van der Waals surface area contributed by atoms with Gasteiger partial charge in [0.15, 0.2) is 0 Å². The summed E-state index contributed by atoms with van der Waals surface area (Å²) in [6, 6.07) is 15.5. The van der Waals surface area contributed by atoms with Crippen molar-refractivity contribution in [1.29, 1.82) is 0 Å². The van der Waals surface area contributed by atoms with E-state index in [0.29, 0.717) is 43.9 Å². The molecule has 3 fully saturated rings. The largest absolute Gasteiger partial charge is 0.371 e. The van der Waals surface area contributed by atoms with Crippen molar-refractivity contribution in [1.82, 2.24) is 15.1 Å². The van der Waals surface area contributed by atoms with E-state index in [-0.39, 0.29) is 29.9 Å². The fraction of sp³-hybridized carbons (Fsp3) is 0.483. The molecule has 3 amide bonds. The lowest BCUT2D eigenvalue weighted by atomic mass is 10.0. The van der Waals surface area contributed by atoms with Gasteiger partial charge in [-0.15, -0.1) is 0 Å². The van der Waals surface area contributed by atoms with Gasteiger partial charge in [0.05, 0.1) is 5.56 Å². The van der Waals surface area contributed by atoms with E-state index in [1.807, 2.05) is 65.3 Å². The molecule has 3 heterocycles. The zero-order valence-corrected chi connectivity index (χ0v) is 21.5. The average molecular weight is 505 g/mol. The minimum absolute atomic E-state index is 0.00890. The van der Waals surface area contributed by atoms with Crippen LogP contribution < -0.4 is 10.2 Å². The lowest BCUT2D eigenvalue weighted by Gasteiger charge is -2.37. The Bertz CT molecular complexity index is 1110. The maximum Gasteiger partial charge on any atom is 0.256 e. The van der Waals surface area contributed by atoms with Crippen LogP contribution in [-0.2, 0) is 9.53 Å². The predicted octanol–water partition coefficient (Wildman–Crippen LogP) is 2.86. The van der Waals surface area contributed by atoms with E-state index in [2.05, 4.69) is 10.2 Å². The molecule has 0 bridgehead atoms. The number of carbonyl (C=O) groups excluding carboxylic acids is 3. The number of amides is 3. The van der Waals surface area contributed by atoms with Crippen molar-refractivity contribution in [3.05, 3.63) is 65.2 Å². The van der Waals surface area contributed by atoms with Gasteiger partial charge in [-0.05, 0) is 56.9 Å². The van der Waals surface area contributed by atoms with E-state index >= 15 is 0 Å². The van der Waals surface area contributed by atoms with E-state index in [1.165, 1.54) is 0 Å². The summed E-state index contributed by atoms with van der Waals surface area (Å²) in [6.07, 6.45) is 3.06. The third-order valence-corrected chi connectivity index (χ3v) is 7.70. The molecule has 8 nitrogen and oxygen atoms in total. The van der Waals surface area contributed by atoms with Crippen molar-refractivity contribution >= 4 is 23.4 Å². The Morgan fingerprint density at radius 1 is 0.838 bits per heavy atom. The Hall–Kier alpha value is -3.39. The molecule has 8 heteroatoms. The van der Waals surface area contributed by atoms with E-state index in [9.17, 15) is 14.4 Å². The number of nitrogens with one attached hydrogen (secondary N) is 1. The number of aryl methyl sites for hydroxylation is 1. The van der Waals surface area contributed by atoms with Crippen LogP contribution >= 0.6 is 0 Å². The molecule has 2 aromatic carbocycles. The van der Waals surface area contributed by atoms with Gasteiger partial charge < -0.3 is 24.8 Å². The molecule has 2 aromatic rings. The molecule has 3 saturated heterocycles. The van der Waals surface area contributed by atoms with E-state index in [4.69, 9.17) is 4.74 Å². The Morgan fingerprint density at radius 3 is 2.19 bits per heavy atom. The van der Waals surface area contributed by atoms with Crippen molar-refractivity contribution in [2.75, 3.05) is 50.8 Å². The molecule has 1 N–H and O–H groups in total. The van der Waals surface area contributed by atoms with Crippen LogP contribution in [0.25, 0.3) is 0 Å². The van der Waals surface area contributed by atoms with E-state index in [1.54, 1.807) is 0 Å². The number of hydrogen-bond donors (Lipinski definition) is 1. The van der Waals surface area contributed by atoms with E-state index in [0.717, 1.165) is 50.0 Å². The van der Waals surface area contributed by atoms with Gasteiger partial charge in [-0.25, -0.2) is 0 Å². The third kappa shape index (κ3) is 5.80. The molecule has 1 unspecified atom stereocenters. The summed E-state index contributed by atoms with van der Waals surface area (Å²) in [6.45, 7) is 6.34. The highest BCUT2D eigenvalue weighted by Crippen LogP contribution is 2.26. The SMILES string of the molecule is Cc1ccc(C(=O)NC2CCN(c3ccccc3C(=O)N3CCN(C(=O)C4CCCO4)CC3)CC2)cc1. The number of anilines is 1. The van der Waals surface area contributed by atoms with Crippen LogP contribution in [0.4, 0.5) is 5.69 Å². The molecular weight excluding hydrogens is 468 g/mol. The topological polar surface area (TPSA) is 82.2 Å². The molecule has 0 aromatic heterocycles. The predicted molar refractivity (Wildman–Crippen MR) is 142 cm³/mol. The number of rotatable bonds is 5. The quantitative estimate of drug-likeness (QED) is 0.677. The zero-order valence-electron chi connectivity index (χ0n) is 21.5. The Kier molecular flexibility index (Phi) is 7.74. The maximum absolute atomic E-state index is 13.5. The first-order valence-corrected chi connectivity index (χ1v) is 13.4. The minimum atomic E-state index is -0.312. The Labute approximate surface area is 218 Å². The number of ether oxygens (including phenoxy) is 1. The molecule has 0 aliphatic carbocycles. The molecule has 5 rings (SSSR count). The van der Waals surface area contributed by atoms with Crippen molar-refractivity contribution in [2.45, 2.75) is 44.8 Å². The summed E-state index contributed by atoms with van der Waals surface area (Å²) in [5, 5.41) is 3.17. The lowest BCUT2D eigenvalue weighted by Crippen LogP contribution is -2.53. The van der Waals surface area contributed by atoms with Crippen LogP contribution in [0.2, 0.25) is 0 Å². The highest BCUT2D eigenvalue weighted by Gasteiger charge is 2.32. The standard InChI is InChI=1S/C29H36N4O4/c1-21-8-10-22(11-9-21)27(34)30-23-12-14-31(15-13-23)25-6-3-2-5-24(25)28(35)32-16-18-33(19-17-32)29(36)26-7-4-20-37-26/h2-3,5-6,8-11,23,26H,4,7,12-20H2,1H3,(H,30,34). The second-order valence-corrected chi connectivity index (χ2v) is 10.2. The number of hydrogen-bond acceptors (Lipinski definition) is 5. The zero-order chi connectivity index (χ0) is 25.8. The van der Waals surface area contributed by atoms with Crippen LogP contribution in [-0.4, -0.2) is 85.5 Å². The first-order chi connectivity index (χ1) is 18.0. The van der Waals surface area contributed by atoms with Gasteiger partial charge in [-0.2, -0.15) is 0 Å². The monoisotopic (exact) mass is 504 g/mol. The Morgan fingerprint density at radius 2 is 1.51 bits per heavy atom. The molecular formula is C29H36N4O4.